The van der Waals surface area contributed by atoms with E-state index in [4.69, 9.17) is 4.74 Å². The van der Waals surface area contributed by atoms with Gasteiger partial charge in [-0.3, -0.25) is 10.7 Å². The Hall–Kier alpha value is -2.07. The highest BCUT2D eigenvalue weighted by molar-refractivity contribution is 7.90. The summed E-state index contributed by atoms with van der Waals surface area (Å²) in [4.78, 5) is 18.0. The lowest BCUT2D eigenvalue weighted by Crippen LogP contribution is -2.40. The van der Waals surface area contributed by atoms with Crippen molar-refractivity contribution in [1.29, 1.82) is 0 Å². The van der Waals surface area contributed by atoms with Crippen LogP contribution < -0.4 is 15.7 Å². The predicted molar refractivity (Wildman–Crippen MR) is 102 cm³/mol. The molecule has 152 valence electrons. The molecule has 27 heavy (non-hydrogen) atoms. The first-order valence-electron chi connectivity index (χ1n) is 8.81. The summed E-state index contributed by atoms with van der Waals surface area (Å²) in [6.07, 6.45) is 3.62. The summed E-state index contributed by atoms with van der Waals surface area (Å²) in [6, 6.07) is 1.37. The maximum Gasteiger partial charge on any atom is 0.407 e. The van der Waals surface area contributed by atoms with Crippen LogP contribution in [0.5, 0.6) is 0 Å². The first-order chi connectivity index (χ1) is 12.5. The summed E-state index contributed by atoms with van der Waals surface area (Å²) in [6.45, 7) is 7.36. The molecule has 0 bridgehead atoms. The summed E-state index contributed by atoms with van der Waals surface area (Å²) < 4.78 is 28.5. The van der Waals surface area contributed by atoms with Crippen molar-refractivity contribution < 1.29 is 23.2 Å². The number of carbonyl (C=O) groups is 1. The molecule has 10 heteroatoms. The van der Waals surface area contributed by atoms with Gasteiger partial charge in [-0.1, -0.05) is 0 Å². The van der Waals surface area contributed by atoms with Gasteiger partial charge in [0.1, 0.15) is 11.3 Å². The van der Waals surface area contributed by atoms with Crippen molar-refractivity contribution in [2.45, 2.75) is 44.1 Å². The Morgan fingerprint density at radius 1 is 1.37 bits per heavy atom. The minimum Gasteiger partial charge on any atom is -0.444 e. The van der Waals surface area contributed by atoms with Gasteiger partial charge in [-0.15, -0.1) is 0 Å². The number of ether oxygens (including phenoxy) is 1. The molecule has 1 amide bonds. The number of anilines is 2. The Bertz CT molecular complexity index is 768. The first-order valence-corrected chi connectivity index (χ1v) is 10.7. The van der Waals surface area contributed by atoms with Gasteiger partial charge >= 0.3 is 6.09 Å². The van der Waals surface area contributed by atoms with Gasteiger partial charge in [-0.2, -0.15) is 0 Å². The molecule has 1 aromatic rings. The van der Waals surface area contributed by atoms with Gasteiger partial charge in [0, 0.05) is 32.1 Å². The minimum atomic E-state index is -3.40. The van der Waals surface area contributed by atoms with Gasteiger partial charge in [0.15, 0.2) is 15.7 Å². The first kappa shape index (κ1) is 21.2. The molecule has 1 aliphatic heterocycles. The fourth-order valence-corrected chi connectivity index (χ4v) is 3.44. The zero-order chi connectivity index (χ0) is 20.2. The second kappa shape index (κ2) is 8.30. The van der Waals surface area contributed by atoms with Crippen molar-refractivity contribution in [3.8, 4) is 0 Å². The Labute approximate surface area is 160 Å². The third kappa shape index (κ3) is 6.24. The van der Waals surface area contributed by atoms with Gasteiger partial charge in [0.25, 0.3) is 0 Å². The summed E-state index contributed by atoms with van der Waals surface area (Å²) in [7, 11) is -3.40. The van der Waals surface area contributed by atoms with Crippen LogP contribution in [0.1, 0.15) is 33.6 Å². The summed E-state index contributed by atoms with van der Waals surface area (Å²) in [5.74, 6) is 0.818. The molecule has 0 atom stereocenters. The molecular weight excluding hydrogens is 372 g/mol. The molecule has 1 aromatic heterocycles. The average molecular weight is 401 g/mol. The highest BCUT2D eigenvalue weighted by Gasteiger charge is 2.24. The third-order valence-electron chi connectivity index (χ3n) is 4.24. The lowest BCUT2D eigenvalue weighted by Gasteiger charge is -2.33. The molecule has 1 aliphatic rings. The highest BCUT2D eigenvalue weighted by atomic mass is 32.2. The highest BCUT2D eigenvalue weighted by Crippen LogP contribution is 2.29. The molecule has 3 N–H and O–H groups in total. The van der Waals surface area contributed by atoms with Crippen LogP contribution >= 0.6 is 0 Å². The van der Waals surface area contributed by atoms with E-state index in [1.54, 1.807) is 0 Å². The lowest BCUT2D eigenvalue weighted by molar-refractivity contribution is 0.0516. The van der Waals surface area contributed by atoms with Gasteiger partial charge < -0.3 is 15.0 Å². The van der Waals surface area contributed by atoms with Crippen LogP contribution in [0, 0.1) is 5.92 Å². The zero-order valence-electron chi connectivity index (χ0n) is 16.2. The van der Waals surface area contributed by atoms with E-state index in [9.17, 15) is 18.4 Å². The summed E-state index contributed by atoms with van der Waals surface area (Å²) in [5, 5.41) is 12.2. The van der Waals surface area contributed by atoms with Crippen molar-refractivity contribution in [3.05, 3.63) is 12.3 Å². The Kier molecular flexibility index (Phi) is 6.53. The maximum absolute atomic E-state index is 11.7. The monoisotopic (exact) mass is 400 g/mol. The summed E-state index contributed by atoms with van der Waals surface area (Å²) >= 11 is 0. The molecule has 0 aromatic carbocycles. The molecule has 2 rings (SSSR count). The smallest absolute Gasteiger partial charge is 0.407 e. The van der Waals surface area contributed by atoms with E-state index < -0.39 is 21.5 Å². The van der Waals surface area contributed by atoms with Gasteiger partial charge in [-0.25, -0.2) is 18.2 Å². The van der Waals surface area contributed by atoms with E-state index in [-0.39, 0.29) is 10.6 Å². The predicted octanol–water partition coefficient (Wildman–Crippen LogP) is 2.03. The van der Waals surface area contributed by atoms with Crippen molar-refractivity contribution in [2.24, 2.45) is 5.92 Å². The SMILES string of the molecule is CC(C)(C)OC(=O)NCC1CCN(c2ncc(S(C)(=O)=O)cc2NO)CC1. The van der Waals surface area contributed by atoms with Crippen LogP contribution in [0.3, 0.4) is 0 Å². The van der Waals surface area contributed by atoms with E-state index in [1.165, 1.54) is 12.3 Å². The molecular formula is C17H28N4O5S. The van der Waals surface area contributed by atoms with Crippen LogP contribution in [-0.2, 0) is 14.6 Å². The zero-order valence-corrected chi connectivity index (χ0v) is 17.0. The van der Waals surface area contributed by atoms with Crippen LogP contribution in [0.2, 0.25) is 0 Å². The van der Waals surface area contributed by atoms with E-state index in [2.05, 4.69) is 10.3 Å². The number of aromatic nitrogens is 1. The van der Waals surface area contributed by atoms with Crippen LogP contribution in [0.25, 0.3) is 0 Å². The molecule has 0 spiro atoms. The van der Waals surface area contributed by atoms with Crippen molar-refractivity contribution in [3.63, 3.8) is 0 Å². The third-order valence-corrected chi connectivity index (χ3v) is 5.32. The van der Waals surface area contributed by atoms with Crippen LogP contribution in [0.15, 0.2) is 17.2 Å². The number of piperidine rings is 1. The van der Waals surface area contributed by atoms with Crippen molar-refractivity contribution >= 4 is 27.4 Å². The fraction of sp³-hybridized carbons (Fsp3) is 0.647. The summed E-state index contributed by atoms with van der Waals surface area (Å²) in [5.41, 5.74) is 1.77. The number of rotatable bonds is 5. The number of nitrogens with one attached hydrogen (secondary N) is 2. The number of carbonyl (C=O) groups excluding carboxylic acids is 1. The van der Waals surface area contributed by atoms with Gasteiger partial charge in [0.2, 0.25) is 0 Å². The van der Waals surface area contributed by atoms with E-state index >= 15 is 0 Å². The molecule has 0 aliphatic carbocycles. The molecule has 2 heterocycles. The molecule has 1 saturated heterocycles. The number of hydrogen-bond acceptors (Lipinski definition) is 8. The number of alkyl carbamates (subject to hydrolysis) is 1. The number of pyridine rings is 1. The number of amides is 1. The molecule has 0 radical (unpaired) electrons. The molecule has 0 unspecified atom stereocenters. The fourth-order valence-electron chi connectivity index (χ4n) is 2.87. The second-order valence-corrected chi connectivity index (χ2v) is 9.76. The topological polar surface area (TPSA) is 121 Å². The van der Waals surface area contributed by atoms with E-state index in [0.717, 1.165) is 19.1 Å². The quantitative estimate of drug-likeness (QED) is 0.642. The standard InChI is InChI=1S/C17H28N4O5S/c1-17(2,3)26-16(22)19-10-12-5-7-21(8-6-12)15-14(20-23)9-13(11-18-15)27(4,24)25/h9,11-12,20,23H,5-8,10H2,1-4H3,(H,19,22). The lowest BCUT2D eigenvalue weighted by atomic mass is 9.97. The normalized spacial score (nSPS) is 16.1. The molecule has 1 fully saturated rings. The van der Waals surface area contributed by atoms with Gasteiger partial charge in [0.05, 0.1) is 4.90 Å². The van der Waals surface area contributed by atoms with Crippen LogP contribution in [-0.4, -0.2) is 56.2 Å². The second-order valence-electron chi connectivity index (χ2n) is 7.74. The molecule has 0 saturated carbocycles. The minimum absolute atomic E-state index is 0.0410. The Balaban J connectivity index is 1.93. The largest absolute Gasteiger partial charge is 0.444 e. The average Bonchev–Trinajstić information content (AvgIpc) is 2.57. The maximum atomic E-state index is 11.7. The van der Waals surface area contributed by atoms with E-state index in [1.807, 2.05) is 31.2 Å². The number of hydrogen-bond donors (Lipinski definition) is 3. The van der Waals surface area contributed by atoms with Crippen molar-refractivity contribution in [2.75, 3.05) is 36.3 Å². The van der Waals surface area contributed by atoms with Crippen molar-refractivity contribution in [1.82, 2.24) is 10.3 Å². The Morgan fingerprint density at radius 3 is 2.52 bits per heavy atom. The van der Waals surface area contributed by atoms with Gasteiger partial charge in [-0.05, 0) is 45.6 Å². The number of nitrogens with zero attached hydrogens (tertiary/aromatic N) is 2. The molecule has 9 nitrogen and oxygen atoms in total. The number of sulfone groups is 1. The Morgan fingerprint density at radius 2 is 2.00 bits per heavy atom. The van der Waals surface area contributed by atoms with Crippen LogP contribution in [0.4, 0.5) is 16.3 Å². The van der Waals surface area contributed by atoms with E-state index in [0.29, 0.717) is 31.4 Å².